The molecule has 0 radical (unpaired) electrons. The van der Waals surface area contributed by atoms with Gasteiger partial charge in [0.05, 0.1) is 24.5 Å². The summed E-state index contributed by atoms with van der Waals surface area (Å²) in [4.78, 5) is 12.2. The van der Waals surface area contributed by atoms with E-state index in [4.69, 9.17) is 0 Å². The van der Waals surface area contributed by atoms with Crippen LogP contribution in [0.25, 0.3) is 4.96 Å². The molecule has 7 nitrogen and oxygen atoms in total. The van der Waals surface area contributed by atoms with E-state index in [1.165, 1.54) is 12.8 Å². The van der Waals surface area contributed by atoms with Crippen molar-refractivity contribution >= 4 is 21.4 Å². The van der Waals surface area contributed by atoms with Crippen LogP contribution in [0, 0.1) is 20.8 Å². The van der Waals surface area contributed by atoms with Gasteiger partial charge in [-0.25, -0.2) is 19.2 Å². The van der Waals surface area contributed by atoms with Crippen molar-refractivity contribution in [3.63, 3.8) is 0 Å². The van der Waals surface area contributed by atoms with Crippen molar-refractivity contribution in [3.05, 3.63) is 23.5 Å². The first-order valence-corrected chi connectivity index (χ1v) is 8.39. The van der Waals surface area contributed by atoms with Crippen LogP contribution in [0.4, 0.5) is 5.13 Å². The van der Waals surface area contributed by atoms with Crippen molar-refractivity contribution in [2.24, 2.45) is 0 Å². The molecule has 0 spiro atoms. The minimum absolute atomic E-state index is 0.428. The molecule has 116 valence electrons. The van der Waals surface area contributed by atoms with E-state index in [0.717, 1.165) is 40.5 Å². The van der Waals surface area contributed by atoms with E-state index in [-0.39, 0.29) is 0 Å². The number of aryl methyl sites for hydroxylation is 3. The third-order valence-electron chi connectivity index (χ3n) is 4.12. The van der Waals surface area contributed by atoms with E-state index in [1.807, 2.05) is 36.2 Å². The van der Waals surface area contributed by atoms with Crippen LogP contribution in [0.15, 0.2) is 6.20 Å². The van der Waals surface area contributed by atoms with Crippen LogP contribution in [-0.4, -0.2) is 41.9 Å². The van der Waals surface area contributed by atoms with Gasteiger partial charge in [-0.2, -0.15) is 5.10 Å². The van der Waals surface area contributed by atoms with Gasteiger partial charge in [0.2, 0.25) is 10.1 Å². The minimum Gasteiger partial charge on any atom is -0.342 e. The Bertz CT molecular complexity index is 783. The molecule has 1 aliphatic heterocycles. The second-order valence-electron chi connectivity index (χ2n) is 5.87. The highest BCUT2D eigenvalue weighted by atomic mass is 32.1. The SMILES string of the molecule is Cc1cn2nc(N3CCC[C@H]3Cn3nc(C)nc3C)sc2n1. The smallest absolute Gasteiger partial charge is 0.214 e. The summed E-state index contributed by atoms with van der Waals surface area (Å²) in [5, 5.41) is 10.2. The summed E-state index contributed by atoms with van der Waals surface area (Å²) in [7, 11) is 0. The van der Waals surface area contributed by atoms with Gasteiger partial charge < -0.3 is 4.90 Å². The molecule has 0 aliphatic carbocycles. The molecule has 0 saturated carbocycles. The van der Waals surface area contributed by atoms with Crippen LogP contribution in [-0.2, 0) is 6.54 Å². The molecule has 8 heteroatoms. The lowest BCUT2D eigenvalue weighted by atomic mass is 10.2. The molecule has 0 unspecified atom stereocenters. The van der Waals surface area contributed by atoms with E-state index >= 15 is 0 Å². The maximum atomic E-state index is 4.69. The third kappa shape index (κ3) is 2.27. The maximum absolute atomic E-state index is 4.69. The predicted molar refractivity (Wildman–Crippen MR) is 85.5 cm³/mol. The molecule has 0 amide bonds. The van der Waals surface area contributed by atoms with E-state index in [1.54, 1.807) is 11.3 Å². The Morgan fingerprint density at radius 1 is 1.23 bits per heavy atom. The van der Waals surface area contributed by atoms with Gasteiger partial charge in [-0.3, -0.25) is 0 Å². The summed E-state index contributed by atoms with van der Waals surface area (Å²) in [6.45, 7) is 7.86. The molecule has 0 N–H and O–H groups in total. The lowest BCUT2D eigenvalue weighted by Gasteiger charge is -2.23. The van der Waals surface area contributed by atoms with Gasteiger partial charge in [-0.1, -0.05) is 11.3 Å². The number of hydrogen-bond donors (Lipinski definition) is 0. The molecule has 0 bridgehead atoms. The Morgan fingerprint density at radius 3 is 2.82 bits per heavy atom. The standard InChI is InChI=1S/C14H19N7S/c1-9-7-21-13(15-9)22-14(18-21)19-6-4-5-12(19)8-20-11(3)16-10(2)17-20/h7,12H,4-6,8H2,1-3H3/t12-/m0/s1. The lowest BCUT2D eigenvalue weighted by Crippen LogP contribution is -2.33. The Hall–Kier alpha value is -1.96. The molecule has 0 aromatic carbocycles. The van der Waals surface area contributed by atoms with E-state index in [2.05, 4.69) is 25.1 Å². The number of rotatable bonds is 3. The highest BCUT2D eigenvalue weighted by Crippen LogP contribution is 2.30. The minimum atomic E-state index is 0.428. The fraction of sp³-hybridized carbons (Fsp3) is 0.571. The molecule has 4 rings (SSSR count). The van der Waals surface area contributed by atoms with Crippen molar-refractivity contribution in [3.8, 4) is 0 Å². The van der Waals surface area contributed by atoms with Crippen molar-refractivity contribution < 1.29 is 0 Å². The molecule has 4 heterocycles. The number of nitrogens with zero attached hydrogens (tertiary/aromatic N) is 7. The Kier molecular flexibility index (Phi) is 3.14. The van der Waals surface area contributed by atoms with E-state index in [9.17, 15) is 0 Å². The number of imidazole rings is 1. The van der Waals surface area contributed by atoms with Crippen LogP contribution >= 0.6 is 11.3 Å². The second kappa shape index (κ2) is 5.05. The lowest BCUT2D eigenvalue weighted by molar-refractivity contribution is 0.496. The summed E-state index contributed by atoms with van der Waals surface area (Å²) < 4.78 is 3.90. The van der Waals surface area contributed by atoms with Gasteiger partial charge in [0.1, 0.15) is 11.6 Å². The van der Waals surface area contributed by atoms with Gasteiger partial charge >= 0.3 is 0 Å². The first kappa shape index (κ1) is 13.7. The molecular formula is C14H19N7S. The van der Waals surface area contributed by atoms with Gasteiger partial charge in [-0.15, -0.1) is 5.10 Å². The van der Waals surface area contributed by atoms with Gasteiger partial charge in [0.25, 0.3) is 0 Å². The Morgan fingerprint density at radius 2 is 2.09 bits per heavy atom. The number of anilines is 1. The fourth-order valence-corrected chi connectivity index (χ4v) is 4.15. The normalized spacial score (nSPS) is 18.7. The quantitative estimate of drug-likeness (QED) is 0.739. The average Bonchev–Trinajstić information content (AvgIpc) is 3.15. The molecule has 1 saturated heterocycles. The van der Waals surface area contributed by atoms with Crippen LogP contribution in [0.5, 0.6) is 0 Å². The molecular weight excluding hydrogens is 298 g/mol. The summed E-state index contributed by atoms with van der Waals surface area (Å²) in [6, 6.07) is 0.428. The van der Waals surface area contributed by atoms with Crippen molar-refractivity contribution in [2.45, 2.75) is 46.2 Å². The first-order chi connectivity index (χ1) is 10.6. The molecule has 3 aromatic rings. The maximum Gasteiger partial charge on any atom is 0.214 e. The fourth-order valence-electron chi connectivity index (χ4n) is 3.13. The largest absolute Gasteiger partial charge is 0.342 e. The highest BCUT2D eigenvalue weighted by molar-refractivity contribution is 7.20. The number of aromatic nitrogens is 6. The monoisotopic (exact) mass is 317 g/mol. The number of hydrogen-bond acceptors (Lipinski definition) is 6. The molecule has 22 heavy (non-hydrogen) atoms. The van der Waals surface area contributed by atoms with E-state index in [0.29, 0.717) is 6.04 Å². The van der Waals surface area contributed by atoms with Crippen molar-refractivity contribution in [2.75, 3.05) is 11.4 Å². The summed E-state index contributed by atoms with van der Waals surface area (Å²) >= 11 is 1.66. The first-order valence-electron chi connectivity index (χ1n) is 7.57. The van der Waals surface area contributed by atoms with Gasteiger partial charge in [0, 0.05) is 6.54 Å². The molecule has 1 atom stereocenters. The van der Waals surface area contributed by atoms with Gasteiger partial charge in [0.15, 0.2) is 0 Å². The Balaban J connectivity index is 1.59. The average molecular weight is 317 g/mol. The van der Waals surface area contributed by atoms with Crippen LogP contribution in [0.3, 0.4) is 0 Å². The topological polar surface area (TPSA) is 64.1 Å². The summed E-state index contributed by atoms with van der Waals surface area (Å²) in [6.07, 6.45) is 4.34. The number of fused-ring (bicyclic) bond motifs is 1. The second-order valence-corrected chi connectivity index (χ2v) is 6.81. The van der Waals surface area contributed by atoms with Crippen LogP contribution in [0.1, 0.15) is 30.2 Å². The molecule has 3 aromatic heterocycles. The van der Waals surface area contributed by atoms with Gasteiger partial charge in [-0.05, 0) is 33.6 Å². The summed E-state index contributed by atoms with van der Waals surface area (Å²) in [5.41, 5.74) is 1.01. The van der Waals surface area contributed by atoms with Crippen LogP contribution in [0.2, 0.25) is 0 Å². The Labute approximate surface area is 132 Å². The van der Waals surface area contributed by atoms with E-state index < -0.39 is 0 Å². The summed E-state index contributed by atoms with van der Waals surface area (Å²) in [5.74, 6) is 1.82. The third-order valence-corrected chi connectivity index (χ3v) is 5.08. The highest BCUT2D eigenvalue weighted by Gasteiger charge is 2.28. The van der Waals surface area contributed by atoms with Crippen molar-refractivity contribution in [1.82, 2.24) is 29.4 Å². The molecule has 1 fully saturated rings. The zero-order valence-corrected chi connectivity index (χ0v) is 13.8. The van der Waals surface area contributed by atoms with Crippen molar-refractivity contribution in [1.29, 1.82) is 0 Å². The molecule has 1 aliphatic rings. The predicted octanol–water partition coefficient (Wildman–Crippen LogP) is 1.98. The zero-order valence-electron chi connectivity index (χ0n) is 13.0. The van der Waals surface area contributed by atoms with Crippen LogP contribution < -0.4 is 4.90 Å². The zero-order chi connectivity index (χ0) is 15.3.